The molecule has 0 heterocycles. The second kappa shape index (κ2) is 14.7. The van der Waals surface area contributed by atoms with Crippen LogP contribution in [0.5, 0.6) is 0 Å². The van der Waals surface area contributed by atoms with Gasteiger partial charge in [0.25, 0.3) is 0 Å². The van der Waals surface area contributed by atoms with Crippen LogP contribution in [0, 0.1) is 0 Å². The van der Waals surface area contributed by atoms with Crippen LogP contribution in [0.2, 0.25) is 0 Å². The van der Waals surface area contributed by atoms with E-state index in [1.54, 1.807) is 13.8 Å². The number of quaternary nitrogens is 1. The van der Waals surface area contributed by atoms with Gasteiger partial charge in [0, 0.05) is 19.3 Å². The molecular weight excluding hydrogens is 333 g/mol. The summed E-state index contributed by atoms with van der Waals surface area (Å²) in [5.74, 6) is -2.26. The molecule has 0 amide bonds. The van der Waals surface area contributed by atoms with Crippen molar-refractivity contribution >= 4 is 11.9 Å². The Hall–Kier alpha value is -0.400. The maximum absolute atomic E-state index is 11.7. The first-order valence-corrected chi connectivity index (χ1v) is 8.97. The zero-order valence-electron chi connectivity index (χ0n) is 16.2. The minimum atomic E-state index is -1.24. The molecule has 7 heteroatoms. The fourth-order valence-corrected chi connectivity index (χ4v) is 3.54. The number of carbonyl (C=O) groups is 2. The Balaban J connectivity index is 0. The third-order valence-electron chi connectivity index (χ3n) is 4.66. The molecule has 0 fully saturated rings. The van der Waals surface area contributed by atoms with Gasteiger partial charge in [-0.2, -0.15) is 0 Å². The summed E-state index contributed by atoms with van der Waals surface area (Å²) < 4.78 is -0.150. The van der Waals surface area contributed by atoms with Crippen LogP contribution in [0.15, 0.2) is 12.2 Å². The average molecular weight is 366 g/mol. The summed E-state index contributed by atoms with van der Waals surface area (Å²) in [7, 11) is 0. The van der Waals surface area contributed by atoms with Gasteiger partial charge in [0.15, 0.2) is 6.04 Å². The number of unbranched alkanes of at least 4 members (excludes halogenated alkanes) is 2. The Kier molecular flexibility index (Phi) is 15.8. The van der Waals surface area contributed by atoms with Crippen molar-refractivity contribution < 1.29 is 58.9 Å². The number of hydrogen-bond acceptors (Lipinski definition) is 4. The van der Waals surface area contributed by atoms with E-state index in [4.69, 9.17) is 0 Å². The Morgan fingerprint density at radius 1 is 1.04 bits per heavy atom. The number of carboxylic acids is 2. The number of hydrogen-bond donors (Lipinski definition) is 2. The molecule has 0 saturated carbocycles. The summed E-state index contributed by atoms with van der Waals surface area (Å²) in [6, 6.07) is -1.79. The van der Waals surface area contributed by atoms with Crippen molar-refractivity contribution in [2.24, 2.45) is 0 Å². The van der Waals surface area contributed by atoms with E-state index in [0.717, 1.165) is 19.3 Å². The summed E-state index contributed by atoms with van der Waals surface area (Å²) in [5.41, 5.74) is 0. The molecule has 0 aromatic rings. The molecule has 25 heavy (non-hydrogen) atoms. The van der Waals surface area contributed by atoms with Crippen LogP contribution in [0.1, 0.15) is 59.3 Å². The van der Waals surface area contributed by atoms with E-state index in [1.165, 1.54) is 0 Å². The third kappa shape index (κ3) is 8.22. The smallest absolute Gasteiger partial charge is 0.544 e. The van der Waals surface area contributed by atoms with E-state index in [0.29, 0.717) is 19.4 Å². The van der Waals surface area contributed by atoms with E-state index in [1.807, 2.05) is 0 Å². The second-order valence-electron chi connectivity index (χ2n) is 6.18. The summed E-state index contributed by atoms with van der Waals surface area (Å²) in [5, 5.41) is 30.8. The van der Waals surface area contributed by atoms with Crippen LogP contribution in [0.3, 0.4) is 0 Å². The van der Waals surface area contributed by atoms with Crippen LogP contribution in [-0.4, -0.2) is 58.4 Å². The molecule has 3 atom stereocenters. The summed E-state index contributed by atoms with van der Waals surface area (Å²) in [6.07, 6.45) is 8.24. The Morgan fingerprint density at radius 2 is 1.60 bits per heavy atom. The van der Waals surface area contributed by atoms with Gasteiger partial charge in [0.2, 0.25) is 0 Å². The molecule has 140 valence electrons. The number of rotatable bonds is 14. The zero-order valence-corrected chi connectivity index (χ0v) is 18.2. The van der Waals surface area contributed by atoms with Crippen molar-refractivity contribution in [2.45, 2.75) is 71.4 Å². The largest absolute Gasteiger partial charge is 1.00 e. The Labute approximate surface area is 173 Å². The minimum Gasteiger partial charge on any atom is -0.544 e. The van der Waals surface area contributed by atoms with Gasteiger partial charge in [-0.05, 0) is 12.8 Å². The van der Waals surface area contributed by atoms with Gasteiger partial charge in [-0.15, -0.1) is 0 Å². The van der Waals surface area contributed by atoms with Gasteiger partial charge in [-0.3, -0.25) is 0 Å². The fourth-order valence-electron chi connectivity index (χ4n) is 3.54. The standard InChI is InChI=1S/C18H33NO5.Na/c1-4-7-8-9-10-11-12-19(13-14-20,15(5-2)17(21)22)16(6-3)18(23)24;/h8-9,15-16,20H,4-7,10-14H2,1-3H3,(H-,21,22,23,24);/q;+1/b9-8+;. The van der Waals surface area contributed by atoms with Crippen molar-refractivity contribution in [1.82, 2.24) is 0 Å². The topological polar surface area (TPSA) is 97.7 Å². The van der Waals surface area contributed by atoms with Gasteiger partial charge in [-0.25, -0.2) is 4.79 Å². The van der Waals surface area contributed by atoms with Gasteiger partial charge < -0.3 is 24.6 Å². The van der Waals surface area contributed by atoms with Crippen molar-refractivity contribution in [3.8, 4) is 0 Å². The van der Waals surface area contributed by atoms with Crippen LogP contribution in [0.4, 0.5) is 0 Å². The molecule has 0 spiro atoms. The SMILES string of the molecule is CCC/C=C/CCC[N+](CCO)(C(CC)C(=O)[O-])C(CC)C(=O)O.[Na+]. The van der Waals surface area contributed by atoms with E-state index in [9.17, 15) is 24.9 Å². The van der Waals surface area contributed by atoms with Crippen molar-refractivity contribution in [3.05, 3.63) is 12.2 Å². The van der Waals surface area contributed by atoms with Crippen molar-refractivity contribution in [2.75, 3.05) is 19.7 Å². The zero-order chi connectivity index (χ0) is 18.6. The molecular formula is C18H33NNaO5+. The van der Waals surface area contributed by atoms with Crippen molar-refractivity contribution in [3.63, 3.8) is 0 Å². The van der Waals surface area contributed by atoms with Crippen LogP contribution in [-0.2, 0) is 9.59 Å². The third-order valence-corrected chi connectivity index (χ3v) is 4.66. The van der Waals surface area contributed by atoms with Gasteiger partial charge >= 0.3 is 35.5 Å². The van der Waals surface area contributed by atoms with E-state index >= 15 is 0 Å². The van der Waals surface area contributed by atoms with E-state index in [-0.39, 0.29) is 53.6 Å². The Morgan fingerprint density at radius 3 is 2.00 bits per heavy atom. The molecule has 0 aliphatic rings. The Bertz CT molecular complexity index is 392. The number of aliphatic hydroxyl groups is 1. The van der Waals surface area contributed by atoms with Gasteiger partial charge in [-0.1, -0.05) is 39.3 Å². The van der Waals surface area contributed by atoms with E-state index in [2.05, 4.69) is 19.1 Å². The quantitative estimate of drug-likeness (QED) is 0.166. The number of aliphatic hydroxyl groups excluding tert-OH is 1. The molecule has 3 unspecified atom stereocenters. The summed E-state index contributed by atoms with van der Waals surface area (Å²) in [4.78, 5) is 23.4. The van der Waals surface area contributed by atoms with Gasteiger partial charge in [0.05, 0.1) is 19.1 Å². The number of carboxylic acid groups (broad SMARTS) is 2. The van der Waals surface area contributed by atoms with E-state index < -0.39 is 24.0 Å². The molecule has 0 bridgehead atoms. The predicted octanol–water partition coefficient (Wildman–Crippen LogP) is -1.67. The number of carbonyl (C=O) groups excluding carboxylic acids is 1. The molecule has 0 aromatic carbocycles. The fraction of sp³-hybridized carbons (Fsp3) is 0.778. The molecule has 0 aliphatic heterocycles. The predicted molar refractivity (Wildman–Crippen MR) is 91.2 cm³/mol. The average Bonchev–Trinajstić information content (AvgIpc) is 2.51. The molecule has 0 saturated heterocycles. The molecule has 0 aromatic heterocycles. The number of aliphatic carboxylic acids is 2. The molecule has 6 nitrogen and oxygen atoms in total. The first-order chi connectivity index (χ1) is 11.4. The van der Waals surface area contributed by atoms with Crippen LogP contribution < -0.4 is 34.7 Å². The first kappa shape index (κ1) is 26.8. The maximum atomic E-state index is 11.7. The normalized spacial score (nSPS) is 16.0. The number of allylic oxidation sites excluding steroid dienone is 2. The van der Waals surface area contributed by atoms with Crippen LogP contribution >= 0.6 is 0 Å². The molecule has 0 aliphatic carbocycles. The molecule has 0 radical (unpaired) electrons. The van der Waals surface area contributed by atoms with Crippen molar-refractivity contribution in [1.29, 1.82) is 0 Å². The van der Waals surface area contributed by atoms with Gasteiger partial charge in [0.1, 0.15) is 12.6 Å². The minimum absolute atomic E-state index is 0. The molecule has 2 N–H and O–H groups in total. The molecule has 0 rings (SSSR count). The monoisotopic (exact) mass is 366 g/mol. The van der Waals surface area contributed by atoms with Crippen LogP contribution in [0.25, 0.3) is 0 Å². The summed E-state index contributed by atoms with van der Waals surface area (Å²) >= 11 is 0. The number of nitrogens with zero attached hydrogens (tertiary/aromatic N) is 1. The maximum Gasteiger partial charge on any atom is 1.00 e. The second-order valence-corrected chi connectivity index (χ2v) is 6.18. The summed E-state index contributed by atoms with van der Waals surface area (Å²) in [6.45, 7) is 5.81. The first-order valence-electron chi connectivity index (χ1n) is 8.97.